The Bertz CT molecular complexity index is 4780. The molecule has 0 saturated heterocycles. The van der Waals surface area contributed by atoms with E-state index in [1.807, 2.05) is 66.3 Å². The van der Waals surface area contributed by atoms with Gasteiger partial charge >= 0.3 is 0 Å². The number of rotatable bonds is 16. The van der Waals surface area contributed by atoms with Crippen molar-refractivity contribution >= 4 is 58.0 Å². The number of ether oxygens (including phenoxy) is 2. The summed E-state index contributed by atoms with van der Waals surface area (Å²) in [4.78, 5) is 53.8. The lowest BCUT2D eigenvalue weighted by molar-refractivity contribution is 0.0510. The number of methoxy groups -OCH3 is 1. The zero-order valence-corrected chi connectivity index (χ0v) is 53.3. The highest BCUT2D eigenvalue weighted by Crippen LogP contribution is 2.43. The first kappa shape index (κ1) is 59.4. The smallest absolute Gasteiger partial charge is 0.257 e. The van der Waals surface area contributed by atoms with Gasteiger partial charge in [0.2, 0.25) is 0 Å². The molecule has 0 radical (unpaired) electrons. The number of nitrogens with zero attached hydrogens (tertiary/aromatic N) is 7. The molecule has 8 heterocycles. The maximum absolute atomic E-state index is 14.8. The van der Waals surface area contributed by atoms with Crippen molar-refractivity contribution in [3.63, 3.8) is 0 Å². The van der Waals surface area contributed by atoms with Gasteiger partial charge < -0.3 is 34.3 Å². The quantitative estimate of drug-likeness (QED) is 0.0689. The molecular weight excluding hydrogens is 1130 g/mol. The van der Waals surface area contributed by atoms with Gasteiger partial charge in [0, 0.05) is 101 Å². The van der Waals surface area contributed by atoms with Crippen LogP contribution in [0.3, 0.4) is 0 Å². The minimum atomic E-state index is -0.304. The van der Waals surface area contributed by atoms with Crippen molar-refractivity contribution in [3.8, 4) is 55.9 Å². The number of carbonyl (C=O) groups is 1. The number of pyridine rings is 1. The number of benzene rings is 5. The molecule has 0 saturated carbocycles. The number of para-hydroxylation sites is 1. The fraction of sp³-hybridized carbons (Fsp3) is 0.195. The summed E-state index contributed by atoms with van der Waals surface area (Å²) in [6.07, 6.45) is 17.6. The molecule has 11 aromatic rings. The van der Waals surface area contributed by atoms with Crippen molar-refractivity contribution < 1.29 is 14.3 Å². The number of aromatic nitrogens is 9. The lowest BCUT2D eigenvalue weighted by Gasteiger charge is -2.20. The van der Waals surface area contributed by atoms with Crippen molar-refractivity contribution in [1.29, 1.82) is 0 Å². The Morgan fingerprint density at radius 2 is 1.04 bits per heavy atom. The van der Waals surface area contributed by atoms with Crippen molar-refractivity contribution in [2.75, 3.05) is 19.2 Å². The van der Waals surface area contributed by atoms with Crippen LogP contribution in [0.4, 0.5) is 5.69 Å². The molecule has 5 aromatic carbocycles. The van der Waals surface area contributed by atoms with Crippen LogP contribution < -0.4 is 10.1 Å². The van der Waals surface area contributed by atoms with Crippen LogP contribution in [0.2, 0.25) is 0 Å². The summed E-state index contributed by atoms with van der Waals surface area (Å²) in [6.45, 7) is 23.2. The summed E-state index contributed by atoms with van der Waals surface area (Å²) in [5.41, 5.74) is 30.0. The van der Waals surface area contributed by atoms with E-state index in [4.69, 9.17) is 29.4 Å². The SMILES string of the molecule is COCOc1ccc(C)cc1-n1cnc(CN(Cc2ccc(C(=O)Nc3ccccc3-c3c4nc(c(-c5c(C)cc(C)cc5C)c5ccc([nH]5)c(-c5c(C)cc(C)cc5C)c5nc(c(-c6c(C)cc(C)cc6C)c6ccc3[nH]6)C=C5)C=C4)cn2)Cc2ncc[nH]2)c1. The third kappa shape index (κ3) is 12.0. The van der Waals surface area contributed by atoms with E-state index < -0.39 is 0 Å². The van der Waals surface area contributed by atoms with E-state index >= 15 is 0 Å². The van der Waals surface area contributed by atoms with Gasteiger partial charge in [-0.25, -0.2) is 19.9 Å². The molecule has 13 rings (SSSR count). The zero-order valence-electron chi connectivity index (χ0n) is 53.3. The molecular formula is C77H73N11O3. The Labute approximate surface area is 530 Å². The molecule has 8 bridgehead atoms. The van der Waals surface area contributed by atoms with Gasteiger partial charge in [-0.1, -0.05) is 77.4 Å². The topological polar surface area (TPSA) is 168 Å². The predicted octanol–water partition coefficient (Wildman–Crippen LogP) is 17.1. The largest absolute Gasteiger partial charge is 0.465 e. The van der Waals surface area contributed by atoms with E-state index in [1.165, 1.54) is 27.8 Å². The monoisotopic (exact) mass is 1200 g/mol. The molecule has 454 valence electrons. The first-order valence-corrected chi connectivity index (χ1v) is 30.8. The van der Waals surface area contributed by atoms with Crippen molar-refractivity contribution in [3.05, 3.63) is 248 Å². The molecule has 6 aromatic heterocycles. The number of nitrogens with one attached hydrogen (secondary N) is 4. The van der Waals surface area contributed by atoms with Gasteiger partial charge in [-0.05, 0) is 204 Å². The molecule has 1 amide bonds. The zero-order chi connectivity index (χ0) is 63.2. The van der Waals surface area contributed by atoms with Gasteiger partial charge in [0.15, 0.2) is 6.79 Å². The summed E-state index contributed by atoms with van der Waals surface area (Å²) in [5, 5.41) is 3.32. The third-order valence-electron chi connectivity index (χ3n) is 17.1. The second-order valence-electron chi connectivity index (χ2n) is 24.3. The molecule has 2 aliphatic heterocycles. The predicted molar refractivity (Wildman–Crippen MR) is 368 cm³/mol. The molecule has 4 N–H and O–H groups in total. The highest BCUT2D eigenvalue weighted by molar-refractivity contribution is 6.08. The minimum Gasteiger partial charge on any atom is -0.465 e. The maximum atomic E-state index is 14.8. The molecule has 0 fully saturated rings. The van der Waals surface area contributed by atoms with E-state index in [0.717, 1.165) is 140 Å². The summed E-state index contributed by atoms with van der Waals surface area (Å²) in [5.74, 6) is 1.19. The summed E-state index contributed by atoms with van der Waals surface area (Å²) >= 11 is 0. The van der Waals surface area contributed by atoms with E-state index in [2.05, 4.69) is 190 Å². The number of amides is 1. The highest BCUT2D eigenvalue weighted by Gasteiger charge is 2.25. The van der Waals surface area contributed by atoms with Crippen molar-refractivity contribution in [1.82, 2.24) is 49.3 Å². The van der Waals surface area contributed by atoms with Gasteiger partial charge in [0.25, 0.3) is 5.91 Å². The van der Waals surface area contributed by atoms with Gasteiger partial charge in [-0.2, -0.15) is 0 Å². The first-order chi connectivity index (χ1) is 44.0. The first-order valence-electron chi connectivity index (χ1n) is 30.8. The second-order valence-corrected chi connectivity index (χ2v) is 24.3. The van der Waals surface area contributed by atoms with Crippen LogP contribution >= 0.6 is 0 Å². The summed E-state index contributed by atoms with van der Waals surface area (Å²) in [6, 6.07) is 39.9. The number of fused-ring (bicyclic) bond motifs is 8. The Morgan fingerprint density at radius 1 is 0.527 bits per heavy atom. The van der Waals surface area contributed by atoms with E-state index in [1.54, 1.807) is 25.8 Å². The minimum absolute atomic E-state index is 0.128. The number of H-pyrrole nitrogens is 3. The van der Waals surface area contributed by atoms with Crippen LogP contribution in [0.1, 0.15) is 106 Å². The second kappa shape index (κ2) is 24.8. The molecule has 0 atom stereocenters. The van der Waals surface area contributed by atoms with Crippen LogP contribution in [0, 0.1) is 69.2 Å². The summed E-state index contributed by atoms with van der Waals surface area (Å²) < 4.78 is 13.1. The Balaban J connectivity index is 0.930. The van der Waals surface area contributed by atoms with Crippen LogP contribution in [-0.4, -0.2) is 69.1 Å². The van der Waals surface area contributed by atoms with Gasteiger partial charge in [0.05, 0.1) is 58.3 Å². The number of hydrogen-bond donors (Lipinski definition) is 4. The molecule has 0 aliphatic carbocycles. The lowest BCUT2D eigenvalue weighted by atomic mass is 9.92. The average molecular weight is 1200 g/mol. The maximum Gasteiger partial charge on any atom is 0.257 e. The number of aryl methyl sites for hydroxylation is 10. The fourth-order valence-corrected chi connectivity index (χ4v) is 13.5. The van der Waals surface area contributed by atoms with E-state index in [9.17, 15) is 4.79 Å². The van der Waals surface area contributed by atoms with Crippen LogP contribution in [0.15, 0.2) is 146 Å². The van der Waals surface area contributed by atoms with Crippen LogP contribution in [0.25, 0.3) is 96.6 Å². The number of imidazole rings is 2. The normalized spacial score (nSPS) is 12.0. The summed E-state index contributed by atoms with van der Waals surface area (Å²) in [7, 11) is 1.60. The number of aromatic amines is 3. The highest BCUT2D eigenvalue weighted by atomic mass is 16.7. The Hall–Kier alpha value is -10.5. The number of anilines is 1. The van der Waals surface area contributed by atoms with Crippen molar-refractivity contribution in [2.45, 2.75) is 88.9 Å². The fourth-order valence-electron chi connectivity index (χ4n) is 13.5. The molecule has 0 spiro atoms. The Morgan fingerprint density at radius 3 is 1.55 bits per heavy atom. The Kier molecular flexibility index (Phi) is 16.2. The van der Waals surface area contributed by atoms with Gasteiger partial charge in [0.1, 0.15) is 11.6 Å². The molecule has 14 nitrogen and oxygen atoms in total. The lowest BCUT2D eigenvalue weighted by Crippen LogP contribution is -2.24. The molecule has 14 heteroatoms. The van der Waals surface area contributed by atoms with Crippen LogP contribution in [0.5, 0.6) is 5.75 Å². The number of carbonyl (C=O) groups excluding carboxylic acids is 1. The van der Waals surface area contributed by atoms with E-state index in [-0.39, 0.29) is 12.7 Å². The number of hydrogen-bond acceptors (Lipinski definition) is 9. The van der Waals surface area contributed by atoms with Gasteiger partial charge in [-0.3, -0.25) is 14.7 Å². The molecule has 2 aliphatic rings. The van der Waals surface area contributed by atoms with E-state index in [0.29, 0.717) is 36.6 Å². The third-order valence-corrected chi connectivity index (χ3v) is 17.1. The van der Waals surface area contributed by atoms with Crippen molar-refractivity contribution in [2.24, 2.45) is 0 Å². The standard InChI is InChI=1S/C77H73N11O3/c1-44-16-27-68(91-43-90-11)67(36-44)88-40-56(81-42-88)39-87(41-69-78-28-29-79-69)38-55-18-17-54(37-80-55)77(89)86-58-15-13-12-14-57(58)73-59-19-21-61(82-59)74(70-48(5)30-45(2)31-49(70)6)63-23-25-65(84-63)76(72-52(9)34-47(4)35-53(72)10)66-26-24-64(85-66)75(62-22-20-60(73)83-62)71-50(7)32-46(3)33-51(71)8/h12-37,40,42,82,85H,38-39,41,43H2,1-11H3,(H,78,79)(H,86,89). The molecule has 91 heavy (non-hydrogen) atoms. The van der Waals surface area contributed by atoms with Gasteiger partial charge in [-0.15, -0.1) is 0 Å². The molecule has 0 unspecified atom stereocenters. The average Bonchev–Trinajstić information content (AvgIpc) is 1.70. The van der Waals surface area contributed by atoms with Crippen LogP contribution in [-0.2, 0) is 24.4 Å².